The van der Waals surface area contributed by atoms with Gasteiger partial charge in [-0.15, -0.1) is 11.6 Å². The van der Waals surface area contributed by atoms with Crippen molar-refractivity contribution < 1.29 is 0 Å². The number of alkyl halides is 1. The molecule has 4 nitrogen and oxygen atoms in total. The second-order valence-corrected chi connectivity index (χ2v) is 5.72. The standard InChI is InChI=1S/C15H16Cl2N4/c1-4-11-14-15(20(3)19-11)21(13(8-16)18-14)12-7-9(2)5-6-10(12)17/h5-7H,4,8H2,1-3H3. The number of hydrogen-bond donors (Lipinski definition) is 0. The summed E-state index contributed by atoms with van der Waals surface area (Å²) in [5, 5.41) is 5.20. The van der Waals surface area contributed by atoms with Gasteiger partial charge in [-0.3, -0.25) is 4.57 Å². The summed E-state index contributed by atoms with van der Waals surface area (Å²) in [6.45, 7) is 4.11. The number of benzene rings is 1. The average molecular weight is 323 g/mol. The van der Waals surface area contributed by atoms with Gasteiger partial charge in [0, 0.05) is 7.05 Å². The van der Waals surface area contributed by atoms with Crippen molar-refractivity contribution in [3.05, 3.63) is 40.3 Å². The molecule has 0 saturated carbocycles. The number of halogens is 2. The third-order valence-electron chi connectivity index (χ3n) is 3.57. The molecule has 0 aliphatic rings. The highest BCUT2D eigenvalue weighted by atomic mass is 35.5. The lowest BCUT2D eigenvalue weighted by Gasteiger charge is -2.11. The molecule has 21 heavy (non-hydrogen) atoms. The normalized spacial score (nSPS) is 11.5. The molecule has 0 N–H and O–H groups in total. The van der Waals surface area contributed by atoms with Crippen molar-refractivity contribution in [2.24, 2.45) is 7.05 Å². The maximum absolute atomic E-state index is 6.39. The predicted octanol–water partition coefficient (Wildman–Crippen LogP) is 4.02. The Morgan fingerprint density at radius 2 is 2.05 bits per heavy atom. The van der Waals surface area contributed by atoms with Crippen LogP contribution < -0.4 is 0 Å². The van der Waals surface area contributed by atoms with E-state index in [2.05, 4.69) is 17.0 Å². The highest BCUT2D eigenvalue weighted by molar-refractivity contribution is 6.32. The molecule has 6 heteroatoms. The minimum absolute atomic E-state index is 0.322. The number of aryl methyl sites for hydroxylation is 3. The number of fused-ring (bicyclic) bond motifs is 1. The van der Waals surface area contributed by atoms with E-state index >= 15 is 0 Å². The zero-order valence-corrected chi connectivity index (χ0v) is 13.7. The molecule has 0 aliphatic carbocycles. The van der Waals surface area contributed by atoms with E-state index in [1.807, 2.05) is 41.4 Å². The Morgan fingerprint density at radius 3 is 2.71 bits per heavy atom. The van der Waals surface area contributed by atoms with Crippen molar-refractivity contribution in [3.63, 3.8) is 0 Å². The maximum atomic E-state index is 6.39. The van der Waals surface area contributed by atoms with Gasteiger partial charge in [-0.1, -0.05) is 24.6 Å². The van der Waals surface area contributed by atoms with Gasteiger partial charge in [-0.2, -0.15) is 5.10 Å². The summed E-state index contributed by atoms with van der Waals surface area (Å²) >= 11 is 12.5. The second kappa shape index (κ2) is 5.35. The van der Waals surface area contributed by atoms with Crippen molar-refractivity contribution >= 4 is 34.4 Å². The van der Waals surface area contributed by atoms with Crippen LogP contribution in [0.3, 0.4) is 0 Å². The summed E-state index contributed by atoms with van der Waals surface area (Å²) in [5.41, 5.74) is 4.82. The first-order valence-corrected chi connectivity index (χ1v) is 7.73. The van der Waals surface area contributed by atoms with Gasteiger partial charge >= 0.3 is 0 Å². The predicted molar refractivity (Wildman–Crippen MR) is 86.5 cm³/mol. The fourth-order valence-corrected chi connectivity index (χ4v) is 2.98. The Balaban J connectivity index is 2.40. The second-order valence-electron chi connectivity index (χ2n) is 5.05. The minimum atomic E-state index is 0.322. The molecule has 0 bridgehead atoms. The number of nitrogens with zero attached hydrogens (tertiary/aromatic N) is 4. The number of aromatic nitrogens is 4. The average Bonchev–Trinajstić information content (AvgIpc) is 2.99. The van der Waals surface area contributed by atoms with Crippen LogP contribution in [0, 0.1) is 6.92 Å². The maximum Gasteiger partial charge on any atom is 0.163 e. The van der Waals surface area contributed by atoms with Crippen LogP contribution in [0.5, 0.6) is 0 Å². The smallest absolute Gasteiger partial charge is 0.163 e. The van der Waals surface area contributed by atoms with E-state index in [1.165, 1.54) is 0 Å². The van der Waals surface area contributed by atoms with Crippen LogP contribution in [0.4, 0.5) is 0 Å². The fourth-order valence-electron chi connectivity index (χ4n) is 2.60. The largest absolute Gasteiger partial charge is 0.278 e. The Kier molecular flexibility index (Phi) is 3.68. The van der Waals surface area contributed by atoms with Crippen LogP contribution in [0.1, 0.15) is 24.0 Å². The molecule has 1 aromatic carbocycles. The number of hydrogen-bond acceptors (Lipinski definition) is 2. The number of imidazole rings is 1. The van der Waals surface area contributed by atoms with E-state index in [-0.39, 0.29) is 0 Å². The first-order chi connectivity index (χ1) is 10.1. The Labute approximate surface area is 133 Å². The summed E-state index contributed by atoms with van der Waals surface area (Å²) in [7, 11) is 1.92. The van der Waals surface area contributed by atoms with Crippen molar-refractivity contribution in [1.29, 1.82) is 0 Å². The van der Waals surface area contributed by atoms with Crippen molar-refractivity contribution in [3.8, 4) is 5.69 Å². The Morgan fingerprint density at radius 1 is 1.29 bits per heavy atom. The molecule has 3 aromatic rings. The SMILES string of the molecule is CCc1nn(C)c2c1nc(CCl)n2-c1cc(C)ccc1Cl. The molecule has 0 saturated heterocycles. The van der Waals surface area contributed by atoms with Crippen LogP contribution >= 0.6 is 23.2 Å². The lowest BCUT2D eigenvalue weighted by atomic mass is 10.2. The summed E-state index contributed by atoms with van der Waals surface area (Å²) in [6.07, 6.45) is 0.831. The third-order valence-corrected chi connectivity index (χ3v) is 4.13. The van der Waals surface area contributed by atoms with Gasteiger partial charge in [0.2, 0.25) is 0 Å². The van der Waals surface area contributed by atoms with Crippen LogP contribution in [0.15, 0.2) is 18.2 Å². The molecular formula is C15H16Cl2N4. The monoisotopic (exact) mass is 322 g/mol. The molecule has 0 spiro atoms. The molecule has 2 aromatic heterocycles. The highest BCUT2D eigenvalue weighted by Crippen LogP contribution is 2.29. The topological polar surface area (TPSA) is 35.6 Å². The molecule has 0 aliphatic heterocycles. The van der Waals surface area contributed by atoms with E-state index in [0.717, 1.165) is 40.4 Å². The zero-order chi connectivity index (χ0) is 15.1. The van der Waals surface area contributed by atoms with Gasteiger partial charge in [0.05, 0.1) is 22.3 Å². The van der Waals surface area contributed by atoms with Crippen LogP contribution in [0.2, 0.25) is 5.02 Å². The Bertz CT molecular complexity index is 817. The fraction of sp³-hybridized carbons (Fsp3) is 0.333. The first kappa shape index (κ1) is 14.4. The van der Waals surface area contributed by atoms with E-state index in [1.54, 1.807) is 0 Å². The molecule has 0 radical (unpaired) electrons. The summed E-state index contributed by atoms with van der Waals surface area (Å²) in [5.74, 6) is 1.10. The molecule has 0 fully saturated rings. The van der Waals surface area contributed by atoms with E-state index < -0.39 is 0 Å². The molecular weight excluding hydrogens is 307 g/mol. The lowest BCUT2D eigenvalue weighted by Crippen LogP contribution is -2.05. The van der Waals surface area contributed by atoms with Crippen molar-refractivity contribution in [2.45, 2.75) is 26.1 Å². The Hall–Kier alpha value is -1.52. The van der Waals surface area contributed by atoms with E-state index in [9.17, 15) is 0 Å². The molecule has 110 valence electrons. The highest BCUT2D eigenvalue weighted by Gasteiger charge is 2.20. The zero-order valence-electron chi connectivity index (χ0n) is 12.2. The molecule has 0 unspecified atom stereocenters. The molecule has 0 amide bonds. The third kappa shape index (κ3) is 2.23. The molecule has 0 atom stereocenters. The van der Waals surface area contributed by atoms with Gasteiger partial charge in [-0.05, 0) is 31.0 Å². The summed E-state index contributed by atoms with van der Waals surface area (Å²) < 4.78 is 3.85. The lowest BCUT2D eigenvalue weighted by molar-refractivity contribution is 0.744. The van der Waals surface area contributed by atoms with Gasteiger partial charge in [0.1, 0.15) is 11.3 Å². The van der Waals surface area contributed by atoms with Crippen molar-refractivity contribution in [1.82, 2.24) is 19.3 Å². The van der Waals surface area contributed by atoms with Crippen LogP contribution in [-0.4, -0.2) is 19.3 Å². The van der Waals surface area contributed by atoms with Gasteiger partial charge in [0.15, 0.2) is 5.65 Å². The molecule has 2 heterocycles. The first-order valence-electron chi connectivity index (χ1n) is 6.82. The van der Waals surface area contributed by atoms with Crippen LogP contribution in [-0.2, 0) is 19.3 Å². The van der Waals surface area contributed by atoms with Crippen LogP contribution in [0.25, 0.3) is 16.9 Å². The van der Waals surface area contributed by atoms with Gasteiger partial charge in [-0.25, -0.2) is 9.67 Å². The van der Waals surface area contributed by atoms with Crippen molar-refractivity contribution in [2.75, 3.05) is 0 Å². The summed E-state index contributed by atoms with van der Waals surface area (Å²) in [6, 6.07) is 5.92. The van der Waals surface area contributed by atoms with E-state index in [0.29, 0.717) is 10.9 Å². The van der Waals surface area contributed by atoms with Gasteiger partial charge in [0.25, 0.3) is 0 Å². The van der Waals surface area contributed by atoms with Gasteiger partial charge < -0.3 is 0 Å². The summed E-state index contributed by atoms with van der Waals surface area (Å²) in [4.78, 5) is 4.66. The quantitative estimate of drug-likeness (QED) is 0.683. The van der Waals surface area contributed by atoms with E-state index in [4.69, 9.17) is 23.2 Å². The molecule has 3 rings (SSSR count). The minimum Gasteiger partial charge on any atom is -0.278 e. The number of rotatable bonds is 3.